The van der Waals surface area contributed by atoms with Crippen molar-refractivity contribution in [2.75, 3.05) is 20.2 Å². The zero-order valence-electron chi connectivity index (χ0n) is 11.4. The number of benzene rings is 1. The minimum absolute atomic E-state index is 0.0399. The van der Waals surface area contributed by atoms with Crippen molar-refractivity contribution in [2.45, 2.75) is 31.2 Å². The van der Waals surface area contributed by atoms with E-state index in [2.05, 4.69) is 0 Å². The van der Waals surface area contributed by atoms with Gasteiger partial charge in [0.25, 0.3) is 0 Å². The largest absolute Gasteiger partial charge is 0.497 e. The van der Waals surface area contributed by atoms with Crippen LogP contribution in [0.2, 0.25) is 0 Å². The Morgan fingerprint density at radius 3 is 2.47 bits per heavy atom. The highest BCUT2D eigenvalue weighted by atomic mass is 16.5. The summed E-state index contributed by atoms with van der Waals surface area (Å²) in [5, 5.41) is 19.4. The van der Waals surface area contributed by atoms with Gasteiger partial charge < -0.3 is 20.7 Å². The molecule has 0 amide bonds. The van der Waals surface area contributed by atoms with Gasteiger partial charge in [-0.2, -0.15) is 0 Å². The minimum Gasteiger partial charge on any atom is -0.497 e. The molecule has 4 unspecified atom stereocenters. The molecule has 0 bridgehead atoms. The van der Waals surface area contributed by atoms with Gasteiger partial charge in [0.1, 0.15) is 5.75 Å². The minimum atomic E-state index is -0.702. The Morgan fingerprint density at radius 2 is 1.95 bits per heavy atom. The quantitative estimate of drug-likeness (QED) is 0.721. The van der Waals surface area contributed by atoms with E-state index in [0.29, 0.717) is 13.1 Å². The van der Waals surface area contributed by atoms with Gasteiger partial charge in [0.15, 0.2) is 0 Å². The zero-order chi connectivity index (χ0) is 14.0. The number of likely N-dealkylation sites (tertiary alicyclic amines) is 1. The summed E-state index contributed by atoms with van der Waals surface area (Å²) in [5.41, 5.74) is 7.12. The summed E-state index contributed by atoms with van der Waals surface area (Å²) in [6.45, 7) is 2.80. The third kappa shape index (κ3) is 3.06. The van der Waals surface area contributed by atoms with Gasteiger partial charge in [-0.25, -0.2) is 0 Å². The van der Waals surface area contributed by atoms with Crippen molar-refractivity contribution < 1.29 is 14.9 Å². The van der Waals surface area contributed by atoms with Gasteiger partial charge in [0.05, 0.1) is 19.3 Å². The van der Waals surface area contributed by atoms with Crippen LogP contribution in [0.3, 0.4) is 0 Å². The summed E-state index contributed by atoms with van der Waals surface area (Å²) in [6.07, 6.45) is -1.40. The molecular weight excluding hydrogens is 244 g/mol. The number of nitrogens with two attached hydrogens (primary N) is 1. The number of β-amino-alcohol motifs (C(OH)–C–C–N with tert-alkyl or cyclic N) is 2. The predicted octanol–water partition coefficient (Wildman–Crippen LogP) is 0.121. The van der Waals surface area contributed by atoms with Crippen molar-refractivity contribution in [1.29, 1.82) is 0 Å². The summed E-state index contributed by atoms with van der Waals surface area (Å²) in [7, 11) is 1.63. The van der Waals surface area contributed by atoms with Crippen molar-refractivity contribution in [3.8, 4) is 5.75 Å². The molecule has 5 heteroatoms. The van der Waals surface area contributed by atoms with E-state index < -0.39 is 12.2 Å². The highest BCUT2D eigenvalue weighted by molar-refractivity contribution is 5.31. The van der Waals surface area contributed by atoms with E-state index in [-0.39, 0.29) is 12.1 Å². The third-order valence-electron chi connectivity index (χ3n) is 3.61. The van der Waals surface area contributed by atoms with Crippen molar-refractivity contribution >= 4 is 0 Å². The molecule has 0 saturated carbocycles. The molecule has 1 aromatic rings. The molecule has 4 N–H and O–H groups in total. The molecule has 0 aliphatic carbocycles. The zero-order valence-corrected chi connectivity index (χ0v) is 11.4. The van der Waals surface area contributed by atoms with Crippen LogP contribution in [0.4, 0.5) is 0 Å². The van der Waals surface area contributed by atoms with Crippen LogP contribution in [0, 0.1) is 0 Å². The summed E-state index contributed by atoms with van der Waals surface area (Å²) in [4.78, 5) is 2.02. The number of rotatable bonds is 4. The van der Waals surface area contributed by atoms with Gasteiger partial charge in [-0.15, -0.1) is 0 Å². The van der Waals surface area contributed by atoms with E-state index in [4.69, 9.17) is 10.5 Å². The molecule has 0 radical (unpaired) electrons. The Bertz CT molecular complexity index is 415. The number of ether oxygens (including phenoxy) is 1. The molecular formula is C14H22N2O3. The van der Waals surface area contributed by atoms with E-state index in [1.807, 2.05) is 36.1 Å². The van der Waals surface area contributed by atoms with Crippen LogP contribution in [0.1, 0.15) is 18.5 Å². The third-order valence-corrected chi connectivity index (χ3v) is 3.61. The van der Waals surface area contributed by atoms with Crippen molar-refractivity contribution in [2.24, 2.45) is 5.73 Å². The lowest BCUT2D eigenvalue weighted by Crippen LogP contribution is -2.39. The maximum Gasteiger partial charge on any atom is 0.119 e. The first-order valence-electron chi connectivity index (χ1n) is 6.52. The maximum atomic E-state index is 9.69. The van der Waals surface area contributed by atoms with Crippen LogP contribution in [0.15, 0.2) is 24.3 Å². The number of aliphatic hydroxyl groups is 2. The van der Waals surface area contributed by atoms with Crippen molar-refractivity contribution in [3.63, 3.8) is 0 Å². The molecule has 4 atom stereocenters. The van der Waals surface area contributed by atoms with E-state index in [9.17, 15) is 10.2 Å². The SMILES string of the molecule is COc1cccc(C(C(C)N)N2CC(O)C(O)C2)c1. The molecule has 106 valence electrons. The van der Waals surface area contributed by atoms with E-state index in [1.165, 1.54) is 0 Å². The molecule has 0 aromatic heterocycles. The second-order valence-corrected chi connectivity index (χ2v) is 5.17. The normalized spacial score (nSPS) is 27.2. The first kappa shape index (κ1) is 14.3. The molecule has 19 heavy (non-hydrogen) atoms. The smallest absolute Gasteiger partial charge is 0.119 e. The number of aliphatic hydroxyl groups excluding tert-OH is 2. The average Bonchev–Trinajstić information content (AvgIpc) is 2.69. The average molecular weight is 266 g/mol. The molecule has 5 nitrogen and oxygen atoms in total. The Hall–Kier alpha value is -1.14. The van der Waals surface area contributed by atoms with E-state index in [0.717, 1.165) is 11.3 Å². The summed E-state index contributed by atoms with van der Waals surface area (Å²) < 4.78 is 5.23. The lowest BCUT2D eigenvalue weighted by Gasteiger charge is -2.31. The van der Waals surface area contributed by atoms with Crippen LogP contribution in [-0.2, 0) is 0 Å². The van der Waals surface area contributed by atoms with Crippen LogP contribution in [0.25, 0.3) is 0 Å². The summed E-state index contributed by atoms with van der Waals surface area (Å²) >= 11 is 0. The molecule has 1 fully saturated rings. The highest BCUT2D eigenvalue weighted by Crippen LogP contribution is 2.29. The number of hydrogen-bond acceptors (Lipinski definition) is 5. The Kier molecular flexibility index (Phi) is 4.42. The Labute approximate surface area is 113 Å². The second-order valence-electron chi connectivity index (χ2n) is 5.17. The van der Waals surface area contributed by atoms with Crippen molar-refractivity contribution in [1.82, 2.24) is 4.90 Å². The molecule has 1 aromatic carbocycles. The highest BCUT2D eigenvalue weighted by Gasteiger charge is 2.35. The van der Waals surface area contributed by atoms with E-state index >= 15 is 0 Å². The molecule has 1 heterocycles. The fourth-order valence-corrected chi connectivity index (χ4v) is 2.70. The van der Waals surface area contributed by atoms with Crippen molar-refractivity contribution in [3.05, 3.63) is 29.8 Å². The summed E-state index contributed by atoms with van der Waals surface area (Å²) in [6, 6.07) is 7.60. The Morgan fingerprint density at radius 1 is 1.32 bits per heavy atom. The van der Waals surface area contributed by atoms with Gasteiger partial charge in [0.2, 0.25) is 0 Å². The number of methoxy groups -OCH3 is 1. The number of hydrogen-bond donors (Lipinski definition) is 3. The molecule has 0 spiro atoms. The maximum absolute atomic E-state index is 9.69. The first-order valence-corrected chi connectivity index (χ1v) is 6.52. The van der Waals surface area contributed by atoms with Crippen LogP contribution >= 0.6 is 0 Å². The van der Waals surface area contributed by atoms with Gasteiger partial charge in [-0.1, -0.05) is 12.1 Å². The standard InChI is InChI=1S/C14H22N2O3/c1-9(15)14(16-7-12(17)13(18)8-16)10-4-3-5-11(6-10)19-2/h3-6,9,12-14,17-18H,7-8,15H2,1-2H3. The monoisotopic (exact) mass is 266 g/mol. The molecule has 1 saturated heterocycles. The number of nitrogens with zero attached hydrogens (tertiary/aromatic N) is 1. The van der Waals surface area contributed by atoms with Crippen LogP contribution in [-0.4, -0.2) is 53.6 Å². The van der Waals surface area contributed by atoms with Gasteiger partial charge in [0, 0.05) is 25.2 Å². The van der Waals surface area contributed by atoms with Gasteiger partial charge in [-0.05, 0) is 24.6 Å². The fraction of sp³-hybridized carbons (Fsp3) is 0.571. The second kappa shape index (κ2) is 5.88. The van der Waals surface area contributed by atoms with Crippen LogP contribution < -0.4 is 10.5 Å². The van der Waals surface area contributed by atoms with Crippen LogP contribution in [0.5, 0.6) is 5.75 Å². The topological polar surface area (TPSA) is 79.0 Å². The summed E-state index contributed by atoms with van der Waals surface area (Å²) in [5.74, 6) is 0.781. The lowest BCUT2D eigenvalue weighted by atomic mass is 9.99. The van der Waals surface area contributed by atoms with Gasteiger partial charge >= 0.3 is 0 Å². The molecule has 1 aliphatic heterocycles. The fourth-order valence-electron chi connectivity index (χ4n) is 2.70. The first-order chi connectivity index (χ1) is 9.02. The lowest BCUT2D eigenvalue weighted by molar-refractivity contribution is 0.0572. The Balaban J connectivity index is 2.25. The molecule has 1 aliphatic rings. The van der Waals surface area contributed by atoms with Gasteiger partial charge in [-0.3, -0.25) is 4.90 Å². The predicted molar refractivity (Wildman–Crippen MR) is 73.0 cm³/mol. The molecule has 2 rings (SSSR count). The van der Waals surface area contributed by atoms with E-state index in [1.54, 1.807) is 7.11 Å².